The Labute approximate surface area is 141 Å². The number of rotatable bonds is 4. The number of amides is 1. The average Bonchev–Trinajstić information content (AvgIpc) is 2.91. The van der Waals surface area contributed by atoms with Gasteiger partial charge in [0.2, 0.25) is 11.7 Å². The summed E-state index contributed by atoms with van der Waals surface area (Å²) in [5, 5.41) is 6.15. The van der Waals surface area contributed by atoms with E-state index in [4.69, 9.17) is 9.26 Å². The van der Waals surface area contributed by atoms with E-state index in [0.29, 0.717) is 5.56 Å². The van der Waals surface area contributed by atoms with E-state index in [2.05, 4.69) is 20.2 Å². The normalized spacial score (nSPS) is 11.9. The molecule has 0 atom stereocenters. The number of carbonyl (C=O) groups excluding carboxylic acids is 1. The van der Waals surface area contributed by atoms with Gasteiger partial charge in [0.05, 0.1) is 0 Å². The van der Waals surface area contributed by atoms with E-state index < -0.39 is 18.1 Å². The number of carbonyl (C=O) groups is 1. The zero-order chi connectivity index (χ0) is 18.7. The zero-order valence-corrected chi connectivity index (χ0v) is 13.7. The number of nitrogens with one attached hydrogen (secondary N) is 1. The van der Waals surface area contributed by atoms with Crippen molar-refractivity contribution in [3.63, 3.8) is 0 Å². The molecular formula is C15H16F3N3O4. The lowest BCUT2D eigenvalue weighted by atomic mass is 10.2. The van der Waals surface area contributed by atoms with Crippen molar-refractivity contribution in [3.05, 3.63) is 30.2 Å². The van der Waals surface area contributed by atoms with Crippen LogP contribution in [0.15, 0.2) is 28.8 Å². The number of aromatic nitrogens is 2. The molecule has 0 aliphatic heterocycles. The van der Waals surface area contributed by atoms with Gasteiger partial charge in [-0.1, -0.05) is 5.16 Å². The Morgan fingerprint density at radius 3 is 2.40 bits per heavy atom. The Kier molecular flexibility index (Phi) is 5.19. The van der Waals surface area contributed by atoms with Crippen LogP contribution < -0.4 is 10.1 Å². The van der Waals surface area contributed by atoms with E-state index in [9.17, 15) is 18.0 Å². The predicted octanol–water partition coefficient (Wildman–Crippen LogP) is 3.66. The lowest BCUT2D eigenvalue weighted by Crippen LogP contribution is -2.32. The first-order chi connectivity index (χ1) is 11.5. The van der Waals surface area contributed by atoms with Crippen LogP contribution in [0.25, 0.3) is 11.4 Å². The van der Waals surface area contributed by atoms with Crippen LogP contribution in [0, 0.1) is 0 Å². The van der Waals surface area contributed by atoms with Gasteiger partial charge < -0.3 is 19.3 Å². The van der Waals surface area contributed by atoms with Crippen molar-refractivity contribution in [2.75, 3.05) is 0 Å². The number of hydrogen-bond acceptors (Lipinski definition) is 6. The summed E-state index contributed by atoms with van der Waals surface area (Å²) in [4.78, 5) is 15.6. The highest BCUT2D eigenvalue weighted by atomic mass is 19.4. The van der Waals surface area contributed by atoms with Crippen LogP contribution in [0.4, 0.5) is 18.0 Å². The van der Waals surface area contributed by atoms with Crippen molar-refractivity contribution in [1.82, 2.24) is 15.5 Å². The van der Waals surface area contributed by atoms with E-state index in [1.807, 2.05) is 0 Å². The Bertz CT molecular complexity index is 721. The standard InChI is InChI=1S/C15H16F3N3O4/c1-14(2,3)24-13(22)19-8-11-20-12(21-25-11)9-4-6-10(7-5-9)23-15(16,17)18/h4-7H,8H2,1-3H3,(H,19,22). The molecule has 1 N–H and O–H groups in total. The highest BCUT2D eigenvalue weighted by Crippen LogP contribution is 2.25. The molecule has 2 rings (SSSR count). The number of alkyl halides is 3. The van der Waals surface area contributed by atoms with Crippen LogP contribution in [0.5, 0.6) is 5.75 Å². The maximum atomic E-state index is 12.1. The second kappa shape index (κ2) is 6.99. The lowest BCUT2D eigenvalue weighted by molar-refractivity contribution is -0.274. The van der Waals surface area contributed by atoms with Gasteiger partial charge in [0.15, 0.2) is 0 Å². The summed E-state index contributed by atoms with van der Waals surface area (Å²) in [6.07, 6.45) is -5.39. The van der Waals surface area contributed by atoms with Crippen molar-refractivity contribution in [2.45, 2.75) is 39.3 Å². The van der Waals surface area contributed by atoms with E-state index >= 15 is 0 Å². The van der Waals surface area contributed by atoms with E-state index in [-0.39, 0.29) is 24.0 Å². The third kappa shape index (κ3) is 6.32. The highest BCUT2D eigenvalue weighted by Gasteiger charge is 2.31. The number of halogens is 3. The largest absolute Gasteiger partial charge is 0.573 e. The molecule has 2 aromatic rings. The molecule has 0 bridgehead atoms. The first-order valence-corrected chi connectivity index (χ1v) is 7.17. The first kappa shape index (κ1) is 18.6. The molecule has 0 unspecified atom stereocenters. The molecule has 1 aromatic carbocycles. The molecule has 1 heterocycles. The van der Waals surface area contributed by atoms with Crippen molar-refractivity contribution in [3.8, 4) is 17.1 Å². The van der Waals surface area contributed by atoms with Crippen LogP contribution in [0.2, 0.25) is 0 Å². The first-order valence-electron chi connectivity index (χ1n) is 7.17. The molecule has 0 saturated carbocycles. The van der Waals surface area contributed by atoms with Gasteiger partial charge in [-0.2, -0.15) is 4.98 Å². The van der Waals surface area contributed by atoms with Gasteiger partial charge >= 0.3 is 12.5 Å². The van der Waals surface area contributed by atoms with Crippen LogP contribution in [-0.2, 0) is 11.3 Å². The number of nitrogens with zero attached hydrogens (tertiary/aromatic N) is 2. The fraction of sp³-hybridized carbons (Fsp3) is 0.400. The predicted molar refractivity (Wildman–Crippen MR) is 79.5 cm³/mol. The molecule has 0 fully saturated rings. The fourth-order valence-electron chi connectivity index (χ4n) is 1.71. The van der Waals surface area contributed by atoms with Gasteiger partial charge in [-0.25, -0.2) is 4.79 Å². The molecule has 136 valence electrons. The third-order valence-electron chi connectivity index (χ3n) is 2.60. The minimum Gasteiger partial charge on any atom is -0.444 e. The van der Waals surface area contributed by atoms with Gasteiger partial charge in [-0.05, 0) is 45.0 Å². The Morgan fingerprint density at radius 2 is 1.84 bits per heavy atom. The second-order valence-electron chi connectivity index (χ2n) is 5.94. The average molecular weight is 359 g/mol. The smallest absolute Gasteiger partial charge is 0.444 e. The van der Waals surface area contributed by atoms with Gasteiger partial charge in [0.1, 0.15) is 17.9 Å². The number of benzene rings is 1. The highest BCUT2D eigenvalue weighted by molar-refractivity contribution is 5.67. The maximum absolute atomic E-state index is 12.1. The van der Waals surface area contributed by atoms with E-state index in [1.165, 1.54) is 12.1 Å². The summed E-state index contributed by atoms with van der Waals surface area (Å²) in [5.41, 5.74) is -0.202. The molecule has 0 saturated heterocycles. The molecule has 0 aliphatic rings. The van der Waals surface area contributed by atoms with Gasteiger partial charge in [-0.15, -0.1) is 13.2 Å². The lowest BCUT2D eigenvalue weighted by Gasteiger charge is -2.19. The number of ether oxygens (including phenoxy) is 2. The summed E-state index contributed by atoms with van der Waals surface area (Å²) >= 11 is 0. The van der Waals surface area contributed by atoms with Gasteiger partial charge in [0, 0.05) is 5.56 Å². The maximum Gasteiger partial charge on any atom is 0.573 e. The van der Waals surface area contributed by atoms with Crippen molar-refractivity contribution >= 4 is 6.09 Å². The Morgan fingerprint density at radius 1 is 1.20 bits per heavy atom. The number of alkyl carbamates (subject to hydrolysis) is 1. The molecule has 25 heavy (non-hydrogen) atoms. The zero-order valence-electron chi connectivity index (χ0n) is 13.7. The molecule has 10 heteroatoms. The van der Waals surface area contributed by atoms with Crippen LogP contribution in [0.3, 0.4) is 0 Å². The van der Waals surface area contributed by atoms with Gasteiger partial charge in [0.25, 0.3) is 0 Å². The Hall–Kier alpha value is -2.78. The minimum absolute atomic E-state index is 0.0445. The van der Waals surface area contributed by atoms with E-state index in [1.54, 1.807) is 20.8 Å². The molecule has 1 aromatic heterocycles. The molecule has 7 nitrogen and oxygen atoms in total. The quantitative estimate of drug-likeness (QED) is 0.897. The van der Waals surface area contributed by atoms with Gasteiger partial charge in [-0.3, -0.25) is 0 Å². The van der Waals surface area contributed by atoms with Crippen molar-refractivity contribution in [1.29, 1.82) is 0 Å². The van der Waals surface area contributed by atoms with Crippen LogP contribution in [0.1, 0.15) is 26.7 Å². The van der Waals surface area contributed by atoms with Crippen molar-refractivity contribution in [2.24, 2.45) is 0 Å². The molecule has 0 radical (unpaired) electrons. The summed E-state index contributed by atoms with van der Waals surface area (Å²) in [6.45, 7) is 5.13. The molecule has 0 spiro atoms. The summed E-state index contributed by atoms with van der Waals surface area (Å²) in [7, 11) is 0. The monoisotopic (exact) mass is 359 g/mol. The fourth-order valence-corrected chi connectivity index (χ4v) is 1.71. The second-order valence-corrected chi connectivity index (χ2v) is 5.94. The third-order valence-corrected chi connectivity index (χ3v) is 2.60. The Balaban J connectivity index is 1.95. The molecular weight excluding hydrogens is 343 g/mol. The van der Waals surface area contributed by atoms with Crippen LogP contribution >= 0.6 is 0 Å². The van der Waals surface area contributed by atoms with Crippen LogP contribution in [-0.4, -0.2) is 28.2 Å². The SMILES string of the molecule is CC(C)(C)OC(=O)NCc1nc(-c2ccc(OC(F)(F)F)cc2)no1. The minimum atomic E-state index is -4.76. The summed E-state index contributed by atoms with van der Waals surface area (Å²) in [6, 6.07) is 4.99. The van der Waals surface area contributed by atoms with Crippen molar-refractivity contribution < 1.29 is 32.0 Å². The summed E-state index contributed by atoms with van der Waals surface area (Å²) < 4.78 is 50.1. The van der Waals surface area contributed by atoms with E-state index in [0.717, 1.165) is 12.1 Å². The molecule has 0 aliphatic carbocycles. The number of hydrogen-bond donors (Lipinski definition) is 1. The molecule has 1 amide bonds. The topological polar surface area (TPSA) is 86.5 Å². The summed E-state index contributed by atoms with van der Waals surface area (Å²) in [5.74, 6) is -0.0671.